The van der Waals surface area contributed by atoms with Crippen LogP contribution in [0.15, 0.2) is 53.4 Å². The maximum Gasteiger partial charge on any atom is 0.355 e. The van der Waals surface area contributed by atoms with Crippen LogP contribution in [0.3, 0.4) is 0 Å². The topological polar surface area (TPSA) is 144 Å². The monoisotopic (exact) mass is 459 g/mol. The van der Waals surface area contributed by atoms with Gasteiger partial charge in [0.2, 0.25) is 11.6 Å². The Hall–Kier alpha value is -3.80. The SMILES string of the molecule is COc1ccccc1C(=O)NNc1ncnc(Nc2ccc(Br)cn2)c1[N+](=O)[O-]. The zero-order valence-corrected chi connectivity index (χ0v) is 16.5. The van der Waals surface area contributed by atoms with E-state index in [1.807, 2.05) is 0 Å². The molecule has 0 saturated carbocycles. The summed E-state index contributed by atoms with van der Waals surface area (Å²) in [4.78, 5) is 35.1. The van der Waals surface area contributed by atoms with Crippen LogP contribution in [-0.2, 0) is 0 Å². The average molecular weight is 460 g/mol. The number of halogens is 1. The maximum atomic E-state index is 12.4. The predicted octanol–water partition coefficient (Wildman–Crippen LogP) is 3.05. The fraction of sp³-hybridized carbons (Fsp3) is 0.0588. The van der Waals surface area contributed by atoms with Crippen LogP contribution < -0.4 is 20.9 Å². The Bertz CT molecular complexity index is 1050. The van der Waals surface area contributed by atoms with Crippen LogP contribution in [0.5, 0.6) is 5.75 Å². The normalized spacial score (nSPS) is 10.1. The molecule has 0 spiro atoms. The van der Waals surface area contributed by atoms with Gasteiger partial charge in [0.15, 0.2) is 0 Å². The third-order valence-electron chi connectivity index (χ3n) is 3.62. The van der Waals surface area contributed by atoms with E-state index in [4.69, 9.17) is 4.74 Å². The van der Waals surface area contributed by atoms with Crippen molar-refractivity contribution in [3.63, 3.8) is 0 Å². The third kappa shape index (κ3) is 4.73. The molecule has 11 nitrogen and oxygen atoms in total. The number of carbonyl (C=O) groups excluding carboxylic acids is 1. The van der Waals surface area contributed by atoms with Crippen LogP contribution in [0.1, 0.15) is 10.4 Å². The molecule has 29 heavy (non-hydrogen) atoms. The molecule has 0 unspecified atom stereocenters. The molecular formula is C17H14BrN7O4. The largest absolute Gasteiger partial charge is 0.496 e. The van der Waals surface area contributed by atoms with E-state index in [1.165, 1.54) is 13.3 Å². The van der Waals surface area contributed by atoms with Crippen LogP contribution in [0.2, 0.25) is 0 Å². The van der Waals surface area contributed by atoms with E-state index in [2.05, 4.69) is 47.1 Å². The number of hydrogen-bond donors (Lipinski definition) is 3. The summed E-state index contributed by atoms with van der Waals surface area (Å²) < 4.78 is 5.88. The molecule has 0 aliphatic heterocycles. The number of nitro groups is 1. The van der Waals surface area contributed by atoms with Gasteiger partial charge in [0.1, 0.15) is 17.9 Å². The van der Waals surface area contributed by atoms with Gasteiger partial charge in [-0.3, -0.25) is 25.8 Å². The lowest BCUT2D eigenvalue weighted by atomic mass is 10.2. The highest BCUT2D eigenvalue weighted by atomic mass is 79.9. The number of amides is 1. The van der Waals surface area contributed by atoms with E-state index in [9.17, 15) is 14.9 Å². The van der Waals surface area contributed by atoms with Gasteiger partial charge in [-0.2, -0.15) is 0 Å². The predicted molar refractivity (Wildman–Crippen MR) is 108 cm³/mol. The molecule has 0 radical (unpaired) electrons. The van der Waals surface area contributed by atoms with Crippen molar-refractivity contribution in [2.75, 3.05) is 17.9 Å². The lowest BCUT2D eigenvalue weighted by Crippen LogP contribution is -2.30. The van der Waals surface area contributed by atoms with Crippen LogP contribution in [-0.4, -0.2) is 32.9 Å². The number of carbonyl (C=O) groups is 1. The van der Waals surface area contributed by atoms with E-state index in [0.717, 1.165) is 10.8 Å². The highest BCUT2D eigenvalue weighted by Gasteiger charge is 2.24. The molecule has 0 fully saturated rings. The number of anilines is 3. The molecule has 0 bridgehead atoms. The second kappa shape index (κ2) is 8.93. The van der Waals surface area contributed by atoms with Gasteiger partial charge >= 0.3 is 5.69 Å². The van der Waals surface area contributed by atoms with Gasteiger partial charge in [0, 0.05) is 10.7 Å². The fourth-order valence-electron chi connectivity index (χ4n) is 2.32. The number of pyridine rings is 1. The Labute approximate surface area is 172 Å². The Balaban J connectivity index is 1.83. The van der Waals surface area contributed by atoms with Crippen LogP contribution in [0.25, 0.3) is 0 Å². The number of para-hydroxylation sites is 1. The van der Waals surface area contributed by atoms with Gasteiger partial charge in [0.25, 0.3) is 5.91 Å². The molecule has 1 amide bonds. The van der Waals surface area contributed by atoms with Crippen molar-refractivity contribution in [2.45, 2.75) is 0 Å². The Morgan fingerprint density at radius 1 is 1.14 bits per heavy atom. The van der Waals surface area contributed by atoms with Crippen LogP contribution in [0.4, 0.5) is 23.1 Å². The van der Waals surface area contributed by atoms with Gasteiger partial charge in [-0.1, -0.05) is 12.1 Å². The number of nitrogens with one attached hydrogen (secondary N) is 3. The highest BCUT2D eigenvalue weighted by molar-refractivity contribution is 9.10. The highest BCUT2D eigenvalue weighted by Crippen LogP contribution is 2.30. The zero-order chi connectivity index (χ0) is 20.8. The van der Waals surface area contributed by atoms with Crippen molar-refractivity contribution >= 4 is 45.0 Å². The van der Waals surface area contributed by atoms with Gasteiger partial charge in [-0.05, 0) is 40.2 Å². The number of nitrogens with zero attached hydrogens (tertiary/aromatic N) is 4. The summed E-state index contributed by atoms with van der Waals surface area (Å²) in [5, 5.41) is 14.3. The average Bonchev–Trinajstić information content (AvgIpc) is 2.73. The minimum atomic E-state index is -0.668. The number of rotatable bonds is 7. The van der Waals surface area contributed by atoms with Crippen molar-refractivity contribution in [3.05, 3.63) is 69.1 Å². The molecule has 3 N–H and O–H groups in total. The van der Waals surface area contributed by atoms with Crippen molar-refractivity contribution in [2.24, 2.45) is 0 Å². The number of ether oxygens (including phenoxy) is 1. The maximum absolute atomic E-state index is 12.4. The summed E-state index contributed by atoms with van der Waals surface area (Å²) >= 11 is 3.26. The second-order valence-electron chi connectivity index (χ2n) is 5.44. The summed E-state index contributed by atoms with van der Waals surface area (Å²) in [6.07, 6.45) is 2.65. The van der Waals surface area contributed by atoms with Gasteiger partial charge in [-0.15, -0.1) is 0 Å². The Morgan fingerprint density at radius 2 is 1.90 bits per heavy atom. The number of aromatic nitrogens is 3. The summed E-state index contributed by atoms with van der Waals surface area (Å²) in [6.45, 7) is 0. The molecule has 2 heterocycles. The molecule has 0 atom stereocenters. The van der Waals surface area contributed by atoms with Crippen molar-refractivity contribution in [1.82, 2.24) is 20.4 Å². The third-order valence-corrected chi connectivity index (χ3v) is 4.09. The lowest BCUT2D eigenvalue weighted by molar-refractivity contribution is -0.383. The molecule has 148 valence electrons. The first-order chi connectivity index (χ1) is 14.0. The van der Waals surface area contributed by atoms with Gasteiger partial charge in [-0.25, -0.2) is 15.0 Å². The number of benzene rings is 1. The van der Waals surface area contributed by atoms with E-state index >= 15 is 0 Å². The molecular weight excluding hydrogens is 446 g/mol. The zero-order valence-electron chi connectivity index (χ0n) is 14.9. The van der Waals surface area contributed by atoms with Crippen molar-refractivity contribution in [3.8, 4) is 5.75 Å². The van der Waals surface area contributed by atoms with Crippen molar-refractivity contribution in [1.29, 1.82) is 0 Å². The standard InChI is InChI=1S/C17H14BrN7O4/c1-29-12-5-3-2-4-11(12)17(26)24-23-16-14(25(27)28)15(20-9-21-16)22-13-7-6-10(18)8-19-13/h2-9H,1H3,(H,24,26)(H2,19,20,21,22,23). The van der Waals surface area contributed by atoms with E-state index in [1.54, 1.807) is 36.4 Å². The van der Waals surface area contributed by atoms with Gasteiger partial charge in [0.05, 0.1) is 17.6 Å². The summed E-state index contributed by atoms with van der Waals surface area (Å²) in [5.74, 6) is -0.146. The molecule has 1 aromatic carbocycles. The van der Waals surface area contributed by atoms with E-state index in [-0.39, 0.29) is 17.2 Å². The Morgan fingerprint density at radius 3 is 2.59 bits per heavy atom. The summed E-state index contributed by atoms with van der Waals surface area (Å²) in [5.41, 5.74) is 4.62. The van der Waals surface area contributed by atoms with E-state index in [0.29, 0.717) is 11.6 Å². The first-order valence-electron chi connectivity index (χ1n) is 8.07. The molecule has 0 saturated heterocycles. The van der Waals surface area contributed by atoms with Crippen molar-refractivity contribution < 1.29 is 14.5 Å². The van der Waals surface area contributed by atoms with Crippen LogP contribution in [0, 0.1) is 10.1 Å². The number of hydrazine groups is 1. The molecule has 12 heteroatoms. The molecule has 3 aromatic rings. The first kappa shape index (κ1) is 19.9. The summed E-state index contributed by atoms with van der Waals surface area (Å²) in [6, 6.07) is 9.89. The minimum Gasteiger partial charge on any atom is -0.496 e. The first-order valence-corrected chi connectivity index (χ1v) is 8.86. The lowest BCUT2D eigenvalue weighted by Gasteiger charge is -2.12. The smallest absolute Gasteiger partial charge is 0.355 e. The number of methoxy groups -OCH3 is 1. The Kier molecular flexibility index (Phi) is 6.14. The second-order valence-corrected chi connectivity index (χ2v) is 6.36. The van der Waals surface area contributed by atoms with E-state index < -0.39 is 16.5 Å². The molecule has 0 aliphatic rings. The molecule has 3 rings (SSSR count). The minimum absolute atomic E-state index is 0.0890. The summed E-state index contributed by atoms with van der Waals surface area (Å²) in [7, 11) is 1.43. The van der Waals surface area contributed by atoms with Crippen LogP contribution >= 0.6 is 15.9 Å². The fourth-order valence-corrected chi connectivity index (χ4v) is 2.56. The molecule has 0 aliphatic carbocycles. The van der Waals surface area contributed by atoms with Gasteiger partial charge < -0.3 is 10.1 Å². The number of hydrogen-bond acceptors (Lipinski definition) is 9. The molecule has 2 aromatic heterocycles. The quantitative estimate of drug-likeness (QED) is 0.358.